The maximum absolute atomic E-state index is 14.7. The molecule has 1 amide bonds. The lowest BCUT2D eigenvalue weighted by atomic mass is 10.0. The first-order chi connectivity index (χ1) is 21.9. The molecule has 0 bridgehead atoms. The number of benzene rings is 2. The van der Waals surface area contributed by atoms with Crippen molar-refractivity contribution in [2.24, 2.45) is 23.8 Å². The van der Waals surface area contributed by atoms with Gasteiger partial charge in [-0.3, -0.25) is 4.79 Å². The number of nitrogens with zero attached hydrogens (tertiary/aromatic N) is 5. The summed E-state index contributed by atoms with van der Waals surface area (Å²) in [7, 11) is -0.804. The number of fused-ring (bicyclic) bond motifs is 2. The zero-order valence-corrected chi connectivity index (χ0v) is 26.1. The molecule has 0 spiro atoms. The van der Waals surface area contributed by atoms with Crippen molar-refractivity contribution in [3.8, 4) is 28.5 Å². The van der Waals surface area contributed by atoms with Gasteiger partial charge in [-0.2, -0.15) is 0 Å². The van der Waals surface area contributed by atoms with E-state index in [-0.39, 0.29) is 25.4 Å². The summed E-state index contributed by atoms with van der Waals surface area (Å²) in [5, 5.41) is 5.98. The Bertz CT molecular complexity index is 2130. The molecule has 5 aromatic rings. The van der Waals surface area contributed by atoms with Crippen LogP contribution in [-0.2, 0) is 23.6 Å². The molecule has 0 radical (unpaired) electrons. The van der Waals surface area contributed by atoms with Crippen LogP contribution in [0, 0.1) is 11.7 Å². The van der Waals surface area contributed by atoms with Crippen LogP contribution in [0.5, 0.6) is 5.75 Å². The first-order valence-corrected chi connectivity index (χ1v) is 16.5. The summed E-state index contributed by atoms with van der Waals surface area (Å²) in [5.74, 6) is 0.268. The van der Waals surface area contributed by atoms with Gasteiger partial charge < -0.3 is 24.5 Å². The third-order valence-corrected chi connectivity index (χ3v) is 9.71. The van der Waals surface area contributed by atoms with Gasteiger partial charge in [-0.1, -0.05) is 6.07 Å². The number of imidazole rings is 1. The van der Waals surface area contributed by atoms with Crippen LogP contribution < -0.4 is 15.6 Å². The average molecular weight is 650 g/mol. The summed E-state index contributed by atoms with van der Waals surface area (Å²) < 4.78 is 62.1. The van der Waals surface area contributed by atoms with E-state index in [1.54, 1.807) is 18.2 Å². The summed E-state index contributed by atoms with van der Waals surface area (Å²) in [4.78, 5) is 24.2. The molecule has 3 aromatic heterocycles. The number of carbonyl (C=O) groups is 1. The van der Waals surface area contributed by atoms with Crippen LogP contribution in [-0.4, -0.2) is 70.7 Å². The second-order valence-electron chi connectivity index (χ2n) is 12.2. The summed E-state index contributed by atoms with van der Waals surface area (Å²) in [5.41, 5.74) is 9.92. The van der Waals surface area contributed by atoms with Crippen molar-refractivity contribution in [2.45, 2.75) is 42.9 Å². The van der Waals surface area contributed by atoms with Crippen molar-refractivity contribution in [2.75, 3.05) is 20.2 Å². The van der Waals surface area contributed by atoms with E-state index in [1.165, 1.54) is 18.1 Å². The van der Waals surface area contributed by atoms with Crippen LogP contribution in [0.25, 0.3) is 44.8 Å². The summed E-state index contributed by atoms with van der Waals surface area (Å²) in [6, 6.07) is 12.3. The van der Waals surface area contributed by atoms with Crippen molar-refractivity contribution in [3.05, 3.63) is 59.9 Å². The SMILES string of the molecule is COc1cc(C(=O)N2C[C@H](N)C[C@@H](F)C2)cc2nc(-c3cc4ccc(-c5ccc(S(N)(=O)=O)c(F)c5)nc4n3CC3CC3)n(C)c12. The van der Waals surface area contributed by atoms with Crippen LogP contribution in [0.4, 0.5) is 8.78 Å². The fourth-order valence-corrected chi connectivity index (χ4v) is 6.94. The van der Waals surface area contributed by atoms with Crippen LogP contribution in [0.3, 0.4) is 0 Å². The monoisotopic (exact) mass is 649 g/mol. The maximum Gasteiger partial charge on any atom is 0.254 e. The molecule has 7 rings (SSSR count). The first-order valence-electron chi connectivity index (χ1n) is 15.0. The van der Waals surface area contributed by atoms with E-state index in [1.807, 2.05) is 23.7 Å². The van der Waals surface area contributed by atoms with Crippen LogP contribution in [0.1, 0.15) is 29.6 Å². The molecule has 4 N–H and O–H groups in total. The van der Waals surface area contributed by atoms with Crippen molar-refractivity contribution < 1.29 is 26.7 Å². The third-order valence-electron chi connectivity index (χ3n) is 8.77. The van der Waals surface area contributed by atoms with E-state index in [9.17, 15) is 22.0 Å². The number of aryl methyl sites for hydroxylation is 1. The topological polar surface area (TPSA) is 151 Å². The fraction of sp³-hybridized carbons (Fsp3) is 0.344. The molecule has 4 heterocycles. The summed E-state index contributed by atoms with van der Waals surface area (Å²) in [6.07, 6.45) is 1.22. The Hall–Kier alpha value is -4.40. The molecule has 0 unspecified atom stereocenters. The highest BCUT2D eigenvalue weighted by Gasteiger charge is 2.31. The van der Waals surface area contributed by atoms with Crippen molar-refractivity contribution in [1.82, 2.24) is 24.0 Å². The molecule has 2 aliphatic rings. The first kappa shape index (κ1) is 30.3. The van der Waals surface area contributed by atoms with Gasteiger partial charge in [0, 0.05) is 42.7 Å². The number of alkyl halides is 1. The van der Waals surface area contributed by atoms with E-state index in [0.717, 1.165) is 36.1 Å². The number of primary sulfonamides is 1. The second kappa shape index (κ2) is 11.1. The highest BCUT2D eigenvalue weighted by molar-refractivity contribution is 7.89. The zero-order chi connectivity index (χ0) is 32.5. The molecule has 14 heteroatoms. The largest absolute Gasteiger partial charge is 0.494 e. The third kappa shape index (κ3) is 5.39. The van der Waals surface area contributed by atoms with Gasteiger partial charge in [0.25, 0.3) is 5.91 Å². The van der Waals surface area contributed by atoms with Gasteiger partial charge in [-0.05, 0) is 67.6 Å². The molecule has 1 aliphatic heterocycles. The summed E-state index contributed by atoms with van der Waals surface area (Å²) >= 11 is 0. The number of ether oxygens (including phenoxy) is 1. The van der Waals surface area contributed by atoms with Gasteiger partial charge in [-0.25, -0.2) is 32.3 Å². The predicted molar refractivity (Wildman–Crippen MR) is 169 cm³/mol. The number of pyridine rings is 1. The smallest absolute Gasteiger partial charge is 0.254 e. The second-order valence-corrected chi connectivity index (χ2v) is 13.8. The van der Waals surface area contributed by atoms with Crippen molar-refractivity contribution >= 4 is 38.0 Å². The average Bonchev–Trinajstić information content (AvgIpc) is 3.68. The quantitative estimate of drug-likeness (QED) is 0.271. The Kier molecular flexibility index (Phi) is 7.33. The molecule has 2 aromatic carbocycles. The van der Waals surface area contributed by atoms with Crippen molar-refractivity contribution in [1.29, 1.82) is 0 Å². The molecule has 1 saturated carbocycles. The van der Waals surface area contributed by atoms with Gasteiger partial charge in [0.2, 0.25) is 10.0 Å². The normalized spacial score (nSPS) is 18.9. The number of hydrogen-bond donors (Lipinski definition) is 2. The number of hydrogen-bond acceptors (Lipinski definition) is 7. The number of carbonyl (C=O) groups excluding carboxylic acids is 1. The Morgan fingerprint density at radius 1 is 1.09 bits per heavy atom. The number of rotatable bonds is 7. The van der Waals surface area contributed by atoms with E-state index in [2.05, 4.69) is 4.57 Å². The highest BCUT2D eigenvalue weighted by Crippen LogP contribution is 2.38. The molecular weight excluding hydrogens is 616 g/mol. The minimum absolute atomic E-state index is 0.0144. The Labute approximate surface area is 263 Å². The van der Waals surface area contributed by atoms with Crippen LogP contribution in [0.2, 0.25) is 0 Å². The molecule has 2 fully saturated rings. The van der Waals surface area contributed by atoms with Gasteiger partial charge in [0.05, 0.1) is 30.6 Å². The van der Waals surface area contributed by atoms with Crippen LogP contribution in [0.15, 0.2) is 53.4 Å². The number of nitrogens with two attached hydrogens (primary N) is 2. The van der Waals surface area contributed by atoms with Gasteiger partial charge in [0.15, 0.2) is 5.82 Å². The number of methoxy groups -OCH3 is 1. The number of likely N-dealkylation sites (tertiary alicyclic amines) is 1. The molecule has 1 aliphatic carbocycles. The lowest BCUT2D eigenvalue weighted by molar-refractivity contribution is 0.0606. The molecule has 46 heavy (non-hydrogen) atoms. The van der Waals surface area contributed by atoms with Crippen molar-refractivity contribution in [3.63, 3.8) is 0 Å². The molecule has 11 nitrogen and oxygen atoms in total. The lowest BCUT2D eigenvalue weighted by Gasteiger charge is -2.33. The number of piperidine rings is 1. The van der Waals surface area contributed by atoms with E-state index >= 15 is 0 Å². The number of aromatic nitrogens is 4. The number of sulfonamides is 1. The van der Waals surface area contributed by atoms with E-state index < -0.39 is 32.9 Å². The highest BCUT2D eigenvalue weighted by atomic mass is 32.2. The minimum atomic E-state index is -4.20. The Morgan fingerprint density at radius 3 is 2.54 bits per heavy atom. The van der Waals surface area contributed by atoms with Crippen LogP contribution >= 0.6 is 0 Å². The number of halogens is 2. The predicted octanol–water partition coefficient (Wildman–Crippen LogP) is 3.97. The lowest BCUT2D eigenvalue weighted by Crippen LogP contribution is -2.50. The van der Waals surface area contributed by atoms with E-state index in [4.69, 9.17) is 25.6 Å². The fourth-order valence-electron chi connectivity index (χ4n) is 6.35. The molecular formula is C32H33F2N7O4S. The van der Waals surface area contributed by atoms with E-state index in [0.29, 0.717) is 57.5 Å². The minimum Gasteiger partial charge on any atom is -0.494 e. The molecule has 240 valence electrons. The molecule has 1 saturated heterocycles. The van der Waals surface area contributed by atoms with Gasteiger partial charge in [-0.15, -0.1) is 0 Å². The number of amides is 1. The van der Waals surface area contributed by atoms with Gasteiger partial charge >= 0.3 is 0 Å². The maximum atomic E-state index is 14.7. The standard InChI is InChI=1S/C32H33F2N7O4S/c1-39-29-25(10-20(12-27(29)45-2)32(42)40-15-21(33)13-22(35)16-40)38-31(39)26-11-19-5-7-24(37-30(19)41(26)14-17-3-4-17)18-6-8-28(23(34)9-18)46(36,43)44/h5-12,17,21-22H,3-4,13-16,35H2,1-2H3,(H2,36,43,44)/t21-,22-/m1/s1. The Balaban J connectivity index is 1.33. The molecule has 2 atom stereocenters. The Morgan fingerprint density at radius 2 is 1.87 bits per heavy atom. The van der Waals surface area contributed by atoms with Gasteiger partial charge in [0.1, 0.15) is 33.8 Å². The zero-order valence-electron chi connectivity index (χ0n) is 25.3. The summed E-state index contributed by atoms with van der Waals surface area (Å²) in [6.45, 7) is 0.948.